The Morgan fingerprint density at radius 2 is 1.83 bits per heavy atom. The number of carbonyl (C=O) groups excluding carboxylic acids is 1. The van der Waals surface area contributed by atoms with Gasteiger partial charge < -0.3 is 14.4 Å². The number of hydrogen-bond donors (Lipinski definition) is 0. The third-order valence-corrected chi connectivity index (χ3v) is 4.75. The molecule has 4 nitrogen and oxygen atoms in total. The Morgan fingerprint density at radius 1 is 1.21 bits per heavy atom. The number of amides is 1. The molecule has 0 spiro atoms. The predicted molar refractivity (Wildman–Crippen MR) is 96.2 cm³/mol. The molecule has 2 rings (SSSR count). The molecule has 0 N–H and O–H groups in total. The molecule has 0 radical (unpaired) electrons. The van der Waals surface area contributed by atoms with E-state index in [2.05, 4.69) is 31.2 Å². The first-order valence-corrected chi connectivity index (χ1v) is 8.76. The average molecular weight is 333 g/mol. The molecular weight excluding hydrogens is 302 g/mol. The smallest absolute Gasteiger partial charge is 0.410 e. The molecule has 134 valence electrons. The van der Waals surface area contributed by atoms with Crippen molar-refractivity contribution in [2.24, 2.45) is 5.41 Å². The van der Waals surface area contributed by atoms with Gasteiger partial charge in [-0.15, -0.1) is 0 Å². The van der Waals surface area contributed by atoms with E-state index >= 15 is 0 Å². The van der Waals surface area contributed by atoms with Crippen LogP contribution < -0.4 is 0 Å². The summed E-state index contributed by atoms with van der Waals surface area (Å²) in [7, 11) is 1.76. The van der Waals surface area contributed by atoms with Gasteiger partial charge in [-0.25, -0.2) is 4.79 Å². The lowest BCUT2D eigenvalue weighted by Crippen LogP contribution is -2.47. The maximum absolute atomic E-state index is 12.3. The van der Waals surface area contributed by atoms with Crippen LogP contribution >= 0.6 is 0 Å². The number of benzene rings is 1. The molecule has 0 bridgehead atoms. The number of nitrogens with zero attached hydrogens (tertiary/aromatic N) is 1. The molecule has 1 heterocycles. The number of aryl methyl sites for hydroxylation is 1. The molecule has 1 saturated heterocycles. The highest BCUT2D eigenvalue weighted by Crippen LogP contribution is 2.36. The fourth-order valence-electron chi connectivity index (χ4n) is 3.38. The van der Waals surface area contributed by atoms with E-state index in [-0.39, 0.29) is 11.5 Å². The van der Waals surface area contributed by atoms with Crippen LogP contribution in [0.25, 0.3) is 0 Å². The summed E-state index contributed by atoms with van der Waals surface area (Å²) >= 11 is 0. The van der Waals surface area contributed by atoms with Crippen molar-refractivity contribution in [2.45, 2.75) is 52.6 Å². The molecule has 4 heteroatoms. The molecule has 1 aromatic carbocycles. The van der Waals surface area contributed by atoms with E-state index in [1.54, 1.807) is 7.11 Å². The largest absolute Gasteiger partial charge is 0.444 e. The number of ether oxygens (including phenoxy) is 2. The fraction of sp³-hybridized carbons (Fsp3) is 0.650. The van der Waals surface area contributed by atoms with Crippen LogP contribution in [0.5, 0.6) is 0 Å². The molecular formula is C20H31NO3. The second-order valence-corrected chi connectivity index (χ2v) is 8.00. The van der Waals surface area contributed by atoms with Gasteiger partial charge in [0.1, 0.15) is 5.60 Å². The molecule has 1 fully saturated rings. The van der Waals surface area contributed by atoms with Gasteiger partial charge >= 0.3 is 6.09 Å². The first kappa shape index (κ1) is 18.8. The van der Waals surface area contributed by atoms with Crippen molar-refractivity contribution in [3.8, 4) is 0 Å². The van der Waals surface area contributed by atoms with Gasteiger partial charge in [0.15, 0.2) is 0 Å². The standard InChI is InChI=1S/C20H31NO3/c1-16-8-6-7-9-17(16)14-20(15-23-5)10-12-21(13-11-20)18(22)24-19(2,3)4/h6-9H,10-15H2,1-5H3. The summed E-state index contributed by atoms with van der Waals surface area (Å²) in [5.74, 6) is 0. The lowest BCUT2D eigenvalue weighted by Gasteiger charge is -2.42. The Morgan fingerprint density at radius 3 is 2.38 bits per heavy atom. The number of likely N-dealkylation sites (tertiary alicyclic amines) is 1. The third-order valence-electron chi connectivity index (χ3n) is 4.75. The van der Waals surface area contributed by atoms with Gasteiger partial charge in [-0.1, -0.05) is 24.3 Å². The van der Waals surface area contributed by atoms with E-state index in [1.165, 1.54) is 11.1 Å². The predicted octanol–water partition coefficient (Wildman–Crippen LogP) is 4.20. The summed E-state index contributed by atoms with van der Waals surface area (Å²) in [6.07, 6.45) is 2.67. The first-order chi connectivity index (χ1) is 11.2. The molecule has 1 aromatic rings. The van der Waals surface area contributed by atoms with Crippen molar-refractivity contribution in [1.82, 2.24) is 4.90 Å². The number of rotatable bonds is 4. The second-order valence-electron chi connectivity index (χ2n) is 8.00. The van der Waals surface area contributed by atoms with E-state index in [0.717, 1.165) is 39.0 Å². The summed E-state index contributed by atoms with van der Waals surface area (Å²) in [5.41, 5.74) is 2.35. The van der Waals surface area contributed by atoms with Gasteiger partial charge in [0.2, 0.25) is 0 Å². The van der Waals surface area contributed by atoms with Gasteiger partial charge in [0.05, 0.1) is 6.61 Å². The highest BCUT2D eigenvalue weighted by Gasteiger charge is 2.37. The Labute approximate surface area is 146 Å². The molecule has 1 aliphatic heterocycles. The topological polar surface area (TPSA) is 38.8 Å². The summed E-state index contributed by atoms with van der Waals surface area (Å²) in [6, 6.07) is 8.53. The molecule has 0 saturated carbocycles. The quantitative estimate of drug-likeness (QED) is 0.829. The van der Waals surface area contributed by atoms with Crippen LogP contribution in [0.4, 0.5) is 4.79 Å². The molecule has 0 aromatic heterocycles. The molecule has 0 unspecified atom stereocenters. The second kappa shape index (κ2) is 7.56. The zero-order valence-electron chi connectivity index (χ0n) is 15.7. The minimum Gasteiger partial charge on any atom is -0.444 e. The minimum absolute atomic E-state index is 0.0966. The fourth-order valence-corrected chi connectivity index (χ4v) is 3.38. The van der Waals surface area contributed by atoms with Crippen molar-refractivity contribution >= 4 is 6.09 Å². The molecule has 0 aliphatic carbocycles. The van der Waals surface area contributed by atoms with Gasteiger partial charge in [-0.05, 0) is 58.1 Å². The highest BCUT2D eigenvalue weighted by atomic mass is 16.6. The van der Waals surface area contributed by atoms with Crippen LogP contribution in [-0.4, -0.2) is 43.4 Å². The maximum atomic E-state index is 12.3. The summed E-state index contributed by atoms with van der Waals surface area (Å²) < 4.78 is 11.0. The van der Waals surface area contributed by atoms with E-state index in [9.17, 15) is 4.79 Å². The Kier molecular flexibility index (Phi) is 5.92. The summed E-state index contributed by atoms with van der Waals surface area (Å²) in [5, 5.41) is 0. The van der Waals surface area contributed by atoms with Gasteiger partial charge in [0, 0.05) is 25.6 Å². The van der Waals surface area contributed by atoms with Gasteiger partial charge in [-0.3, -0.25) is 0 Å². The number of carbonyl (C=O) groups is 1. The van der Waals surface area contributed by atoms with E-state index in [4.69, 9.17) is 9.47 Å². The van der Waals surface area contributed by atoms with Gasteiger partial charge in [-0.2, -0.15) is 0 Å². The average Bonchev–Trinajstić information content (AvgIpc) is 2.49. The van der Waals surface area contributed by atoms with Crippen molar-refractivity contribution in [3.63, 3.8) is 0 Å². The Hall–Kier alpha value is -1.55. The van der Waals surface area contributed by atoms with Crippen LogP contribution in [0, 0.1) is 12.3 Å². The molecule has 1 aliphatic rings. The normalized spacial score (nSPS) is 17.6. The van der Waals surface area contributed by atoms with Crippen LogP contribution in [0.2, 0.25) is 0 Å². The van der Waals surface area contributed by atoms with Crippen LogP contribution in [0.15, 0.2) is 24.3 Å². The SMILES string of the molecule is COCC1(Cc2ccccc2C)CCN(C(=O)OC(C)(C)C)CC1. The zero-order chi connectivity index (χ0) is 17.8. The Bertz CT molecular complexity index is 554. The number of hydrogen-bond acceptors (Lipinski definition) is 3. The number of piperidine rings is 1. The van der Waals surface area contributed by atoms with E-state index in [1.807, 2.05) is 25.7 Å². The van der Waals surface area contributed by atoms with Crippen molar-refractivity contribution in [1.29, 1.82) is 0 Å². The Balaban J connectivity index is 2.03. The maximum Gasteiger partial charge on any atom is 0.410 e. The zero-order valence-corrected chi connectivity index (χ0v) is 15.7. The molecule has 1 amide bonds. The highest BCUT2D eigenvalue weighted by molar-refractivity contribution is 5.68. The van der Waals surface area contributed by atoms with E-state index in [0.29, 0.717) is 0 Å². The van der Waals surface area contributed by atoms with Gasteiger partial charge in [0.25, 0.3) is 0 Å². The molecule has 0 atom stereocenters. The third kappa shape index (κ3) is 4.97. The van der Waals surface area contributed by atoms with E-state index < -0.39 is 5.60 Å². The molecule has 24 heavy (non-hydrogen) atoms. The summed E-state index contributed by atoms with van der Waals surface area (Å²) in [6.45, 7) is 10.1. The van der Waals surface area contributed by atoms with Crippen molar-refractivity contribution in [3.05, 3.63) is 35.4 Å². The van der Waals surface area contributed by atoms with Crippen molar-refractivity contribution in [2.75, 3.05) is 26.8 Å². The minimum atomic E-state index is -0.445. The van der Waals surface area contributed by atoms with Crippen molar-refractivity contribution < 1.29 is 14.3 Å². The monoisotopic (exact) mass is 333 g/mol. The van der Waals surface area contributed by atoms with Crippen LogP contribution in [0.1, 0.15) is 44.7 Å². The first-order valence-electron chi connectivity index (χ1n) is 8.76. The lowest BCUT2D eigenvalue weighted by molar-refractivity contribution is -0.00676. The van der Waals surface area contributed by atoms with Crippen LogP contribution in [0.3, 0.4) is 0 Å². The number of methoxy groups -OCH3 is 1. The summed E-state index contributed by atoms with van der Waals surface area (Å²) in [4.78, 5) is 14.1. The van der Waals surface area contributed by atoms with Crippen LogP contribution in [-0.2, 0) is 15.9 Å². The lowest BCUT2D eigenvalue weighted by atomic mass is 9.74.